The Labute approximate surface area is 207 Å². The number of carbonyl (C=O) groups excluding carboxylic acids is 1. The van der Waals surface area contributed by atoms with Gasteiger partial charge in [-0.05, 0) is 80.6 Å². The van der Waals surface area contributed by atoms with Crippen LogP contribution < -0.4 is 4.74 Å². The van der Waals surface area contributed by atoms with E-state index in [1.165, 1.54) is 31.5 Å². The standard InChI is InChI=1S/C24H31NO2.C4H4O4/c1-4-8-23(26)21-10-7-9-20(16-21)22-17-24(19(3)15-18(22)2)27-14-13-25-11-5-6-12-25;5-3(6)1-2-4(7)8/h7,9-10,15-17H,4-6,8,11-14H2,1-3H3;1-2H,(H,5,6)(H,7,8)/b;2-1+. The lowest BCUT2D eigenvalue weighted by atomic mass is 9.95. The topological polar surface area (TPSA) is 104 Å². The number of ketones is 1. The van der Waals surface area contributed by atoms with Crippen molar-refractivity contribution in [3.8, 4) is 16.9 Å². The SMILES string of the molecule is CCCC(=O)c1cccc(-c2cc(OCCN3CCCC3)c(C)cc2C)c1.O=C(O)/C=C/C(=O)O. The lowest BCUT2D eigenvalue weighted by Gasteiger charge is -2.17. The predicted octanol–water partition coefficient (Wildman–Crippen LogP) is 5.14. The maximum atomic E-state index is 12.3. The van der Waals surface area contributed by atoms with Crippen molar-refractivity contribution in [2.24, 2.45) is 0 Å². The van der Waals surface area contributed by atoms with Crippen LogP contribution in [0.1, 0.15) is 54.1 Å². The van der Waals surface area contributed by atoms with Crippen molar-refractivity contribution in [3.05, 3.63) is 65.2 Å². The van der Waals surface area contributed by atoms with E-state index in [2.05, 4.69) is 36.9 Å². The van der Waals surface area contributed by atoms with Crippen LogP contribution in [0.25, 0.3) is 11.1 Å². The van der Waals surface area contributed by atoms with E-state index in [0.29, 0.717) is 18.6 Å². The number of carboxylic acids is 2. The fraction of sp³-hybridized carbons (Fsp3) is 0.393. The van der Waals surface area contributed by atoms with Gasteiger partial charge in [0.25, 0.3) is 0 Å². The summed E-state index contributed by atoms with van der Waals surface area (Å²) < 4.78 is 6.12. The zero-order valence-corrected chi connectivity index (χ0v) is 20.8. The van der Waals surface area contributed by atoms with Crippen LogP contribution in [0.3, 0.4) is 0 Å². The number of aliphatic carboxylic acids is 2. The Balaban J connectivity index is 0.000000466. The van der Waals surface area contributed by atoms with E-state index in [-0.39, 0.29) is 5.78 Å². The Morgan fingerprint density at radius 2 is 1.63 bits per heavy atom. The van der Waals surface area contributed by atoms with Crippen molar-refractivity contribution in [1.29, 1.82) is 0 Å². The number of aryl methyl sites for hydroxylation is 2. The number of carbonyl (C=O) groups is 3. The minimum Gasteiger partial charge on any atom is -0.492 e. The largest absolute Gasteiger partial charge is 0.492 e. The van der Waals surface area contributed by atoms with E-state index >= 15 is 0 Å². The van der Waals surface area contributed by atoms with Crippen LogP contribution >= 0.6 is 0 Å². The fourth-order valence-corrected chi connectivity index (χ4v) is 3.96. The minimum absolute atomic E-state index is 0.214. The first-order chi connectivity index (χ1) is 16.7. The van der Waals surface area contributed by atoms with E-state index in [4.69, 9.17) is 14.9 Å². The highest BCUT2D eigenvalue weighted by Gasteiger charge is 2.13. The monoisotopic (exact) mass is 481 g/mol. The number of nitrogens with zero attached hydrogens (tertiary/aromatic N) is 1. The quantitative estimate of drug-likeness (QED) is 0.358. The Bertz CT molecular complexity index is 1040. The van der Waals surface area contributed by atoms with Crippen molar-refractivity contribution in [3.63, 3.8) is 0 Å². The van der Waals surface area contributed by atoms with Crippen LogP contribution in [0.15, 0.2) is 48.6 Å². The molecular formula is C28H35NO6. The molecule has 7 nitrogen and oxygen atoms in total. The average molecular weight is 482 g/mol. The molecule has 0 spiro atoms. The maximum absolute atomic E-state index is 12.3. The Kier molecular flexibility index (Phi) is 11.2. The number of likely N-dealkylation sites (tertiary alicyclic amines) is 1. The van der Waals surface area contributed by atoms with Crippen LogP contribution in [0.4, 0.5) is 0 Å². The van der Waals surface area contributed by atoms with E-state index in [0.717, 1.165) is 47.6 Å². The van der Waals surface area contributed by atoms with Gasteiger partial charge >= 0.3 is 11.9 Å². The molecule has 35 heavy (non-hydrogen) atoms. The summed E-state index contributed by atoms with van der Waals surface area (Å²) in [5.41, 5.74) is 5.39. The number of rotatable bonds is 10. The molecular weight excluding hydrogens is 446 g/mol. The van der Waals surface area contributed by atoms with Crippen molar-refractivity contribution in [2.45, 2.75) is 46.5 Å². The van der Waals surface area contributed by atoms with Gasteiger partial charge in [0, 0.05) is 30.7 Å². The first-order valence-corrected chi connectivity index (χ1v) is 11.9. The Hall–Kier alpha value is -3.45. The van der Waals surface area contributed by atoms with E-state index in [1.807, 2.05) is 25.1 Å². The van der Waals surface area contributed by atoms with Crippen LogP contribution in [0, 0.1) is 13.8 Å². The van der Waals surface area contributed by atoms with E-state index in [1.54, 1.807) is 0 Å². The van der Waals surface area contributed by atoms with Gasteiger partial charge in [-0.15, -0.1) is 0 Å². The third-order valence-corrected chi connectivity index (χ3v) is 5.73. The summed E-state index contributed by atoms with van der Waals surface area (Å²) in [6.07, 6.45) is 5.20. The van der Waals surface area contributed by atoms with Gasteiger partial charge in [0.2, 0.25) is 0 Å². The second-order valence-electron chi connectivity index (χ2n) is 8.59. The molecule has 0 amide bonds. The molecule has 7 heteroatoms. The summed E-state index contributed by atoms with van der Waals surface area (Å²) >= 11 is 0. The third-order valence-electron chi connectivity index (χ3n) is 5.73. The molecule has 0 aliphatic carbocycles. The fourth-order valence-electron chi connectivity index (χ4n) is 3.96. The summed E-state index contributed by atoms with van der Waals surface area (Å²) in [6, 6.07) is 12.3. The van der Waals surface area contributed by atoms with E-state index < -0.39 is 11.9 Å². The molecule has 0 radical (unpaired) electrons. The van der Waals surface area contributed by atoms with Crippen LogP contribution in [-0.4, -0.2) is 59.1 Å². The number of hydrogen-bond acceptors (Lipinski definition) is 5. The van der Waals surface area contributed by atoms with Crippen molar-refractivity contribution >= 4 is 17.7 Å². The molecule has 2 aromatic carbocycles. The number of Topliss-reactive ketones (excluding diaryl/α,β-unsaturated/α-hetero) is 1. The van der Waals surface area contributed by atoms with Gasteiger partial charge in [-0.25, -0.2) is 9.59 Å². The van der Waals surface area contributed by atoms with Gasteiger partial charge in [-0.3, -0.25) is 9.69 Å². The molecule has 2 N–H and O–H groups in total. The van der Waals surface area contributed by atoms with Gasteiger partial charge < -0.3 is 14.9 Å². The van der Waals surface area contributed by atoms with Crippen molar-refractivity contribution < 1.29 is 29.3 Å². The molecule has 0 aromatic heterocycles. The van der Waals surface area contributed by atoms with Gasteiger partial charge in [-0.1, -0.05) is 31.2 Å². The second-order valence-corrected chi connectivity index (χ2v) is 8.59. The summed E-state index contributed by atoms with van der Waals surface area (Å²) in [4.78, 5) is 33.8. The molecule has 3 rings (SSSR count). The minimum atomic E-state index is -1.26. The van der Waals surface area contributed by atoms with Gasteiger partial charge in [-0.2, -0.15) is 0 Å². The molecule has 0 bridgehead atoms. The number of ether oxygens (including phenoxy) is 1. The molecule has 1 aliphatic rings. The summed E-state index contributed by atoms with van der Waals surface area (Å²) in [5, 5.41) is 15.6. The lowest BCUT2D eigenvalue weighted by Crippen LogP contribution is -2.25. The summed E-state index contributed by atoms with van der Waals surface area (Å²) in [7, 11) is 0. The van der Waals surface area contributed by atoms with Crippen LogP contribution in [0.2, 0.25) is 0 Å². The molecule has 188 valence electrons. The first kappa shape index (κ1) is 27.8. The maximum Gasteiger partial charge on any atom is 0.328 e. The zero-order valence-electron chi connectivity index (χ0n) is 20.8. The first-order valence-electron chi connectivity index (χ1n) is 11.9. The molecule has 1 aliphatic heterocycles. The third kappa shape index (κ3) is 9.37. The molecule has 0 saturated carbocycles. The van der Waals surface area contributed by atoms with Gasteiger partial charge in [0.15, 0.2) is 5.78 Å². The average Bonchev–Trinajstić information content (AvgIpc) is 3.33. The van der Waals surface area contributed by atoms with Crippen LogP contribution in [-0.2, 0) is 9.59 Å². The smallest absolute Gasteiger partial charge is 0.328 e. The zero-order chi connectivity index (χ0) is 25.8. The molecule has 2 aromatic rings. The second kappa shape index (κ2) is 14.1. The van der Waals surface area contributed by atoms with Crippen molar-refractivity contribution in [1.82, 2.24) is 4.90 Å². The number of benzene rings is 2. The Morgan fingerprint density at radius 1 is 0.971 bits per heavy atom. The molecule has 1 saturated heterocycles. The molecule has 0 unspecified atom stereocenters. The van der Waals surface area contributed by atoms with Gasteiger partial charge in [0.05, 0.1) is 0 Å². The summed E-state index contributed by atoms with van der Waals surface area (Å²) in [6.45, 7) is 10.4. The lowest BCUT2D eigenvalue weighted by molar-refractivity contribution is -0.134. The number of hydrogen-bond donors (Lipinski definition) is 2. The molecule has 0 atom stereocenters. The number of carboxylic acid groups (broad SMARTS) is 2. The highest BCUT2D eigenvalue weighted by molar-refractivity contribution is 5.97. The molecule has 1 heterocycles. The van der Waals surface area contributed by atoms with Gasteiger partial charge in [0.1, 0.15) is 12.4 Å². The predicted molar refractivity (Wildman–Crippen MR) is 136 cm³/mol. The van der Waals surface area contributed by atoms with Crippen molar-refractivity contribution in [2.75, 3.05) is 26.2 Å². The summed E-state index contributed by atoms with van der Waals surface area (Å²) in [5.74, 6) is -1.36. The Morgan fingerprint density at radius 3 is 2.23 bits per heavy atom. The highest BCUT2D eigenvalue weighted by Crippen LogP contribution is 2.31. The van der Waals surface area contributed by atoms with E-state index in [9.17, 15) is 14.4 Å². The van der Waals surface area contributed by atoms with Crippen LogP contribution in [0.5, 0.6) is 5.75 Å². The normalized spacial score (nSPS) is 13.3. The molecule has 1 fully saturated rings. The highest BCUT2D eigenvalue weighted by atomic mass is 16.5.